The monoisotopic (exact) mass is 279 g/mol. The Bertz CT molecular complexity index is 531. The molecule has 0 spiro atoms. The topological polar surface area (TPSA) is 46.0 Å². The number of hydrogen-bond acceptors (Lipinski definition) is 5. The molecule has 0 fully saturated rings. The van der Waals surface area contributed by atoms with E-state index in [0.717, 1.165) is 30.5 Å². The summed E-state index contributed by atoms with van der Waals surface area (Å²) in [7, 11) is 4.01. The summed E-state index contributed by atoms with van der Waals surface area (Å²) >= 11 is 1.76. The summed E-state index contributed by atoms with van der Waals surface area (Å²) in [4.78, 5) is 8.13. The zero-order chi connectivity index (χ0) is 13.8. The molecule has 104 valence electrons. The molecule has 0 atom stereocenters. The minimum atomic E-state index is 0.835. The van der Waals surface area contributed by atoms with Gasteiger partial charge in [0.2, 0.25) is 0 Å². The maximum Gasteiger partial charge on any atom is 0.185 e. The minimum Gasteiger partial charge on any atom is -0.347 e. The van der Waals surface area contributed by atoms with Gasteiger partial charge in [0, 0.05) is 43.8 Å². The van der Waals surface area contributed by atoms with Gasteiger partial charge in [-0.3, -0.25) is 4.68 Å². The molecule has 6 heteroatoms. The van der Waals surface area contributed by atoms with Crippen molar-refractivity contribution >= 4 is 16.5 Å². The molecule has 0 amide bonds. The Morgan fingerprint density at radius 2 is 2.26 bits per heavy atom. The highest BCUT2D eigenvalue weighted by atomic mass is 32.1. The van der Waals surface area contributed by atoms with E-state index in [9.17, 15) is 0 Å². The van der Waals surface area contributed by atoms with Gasteiger partial charge in [0.1, 0.15) is 0 Å². The molecule has 0 aliphatic heterocycles. The van der Waals surface area contributed by atoms with Crippen molar-refractivity contribution < 1.29 is 0 Å². The van der Waals surface area contributed by atoms with Gasteiger partial charge >= 0.3 is 0 Å². The molecular formula is C13H21N5S. The first-order chi connectivity index (χ1) is 9.10. The molecule has 5 nitrogen and oxygen atoms in total. The first-order valence-corrected chi connectivity index (χ1v) is 7.27. The fourth-order valence-corrected chi connectivity index (χ4v) is 2.86. The zero-order valence-corrected chi connectivity index (χ0v) is 12.8. The van der Waals surface area contributed by atoms with Gasteiger partial charge in [0.25, 0.3) is 0 Å². The molecule has 0 saturated carbocycles. The lowest BCUT2D eigenvalue weighted by atomic mass is 10.3. The lowest BCUT2D eigenvalue weighted by molar-refractivity contribution is 0.731. The minimum absolute atomic E-state index is 0.835. The van der Waals surface area contributed by atoms with Gasteiger partial charge in [0.15, 0.2) is 5.13 Å². The number of aryl methyl sites for hydroxylation is 2. The van der Waals surface area contributed by atoms with E-state index >= 15 is 0 Å². The first-order valence-electron chi connectivity index (χ1n) is 6.45. The van der Waals surface area contributed by atoms with E-state index in [2.05, 4.69) is 41.2 Å². The van der Waals surface area contributed by atoms with Crippen LogP contribution in [0.5, 0.6) is 0 Å². The molecule has 0 saturated heterocycles. The summed E-state index contributed by atoms with van der Waals surface area (Å²) in [6.07, 6.45) is 3.94. The summed E-state index contributed by atoms with van der Waals surface area (Å²) in [6, 6.07) is 0. The van der Waals surface area contributed by atoms with E-state index in [0.29, 0.717) is 0 Å². The highest BCUT2D eigenvalue weighted by molar-refractivity contribution is 7.15. The number of anilines is 1. The number of hydrogen-bond donors (Lipinski definition) is 1. The third kappa shape index (κ3) is 3.54. The fourth-order valence-electron chi connectivity index (χ4n) is 1.87. The Balaban J connectivity index is 2.04. The highest BCUT2D eigenvalue weighted by Gasteiger charge is 2.11. The second-order valence-electron chi connectivity index (χ2n) is 4.66. The number of nitrogens with zero attached hydrogens (tertiary/aromatic N) is 4. The van der Waals surface area contributed by atoms with E-state index in [-0.39, 0.29) is 0 Å². The maximum atomic E-state index is 4.64. The van der Waals surface area contributed by atoms with Crippen molar-refractivity contribution in [2.45, 2.75) is 26.9 Å². The van der Waals surface area contributed by atoms with Crippen LogP contribution in [0, 0.1) is 6.92 Å². The van der Waals surface area contributed by atoms with Gasteiger partial charge in [0.05, 0.1) is 11.9 Å². The average molecular weight is 279 g/mol. The molecule has 1 N–H and O–H groups in total. The summed E-state index contributed by atoms with van der Waals surface area (Å²) in [6.45, 7) is 6.91. The van der Waals surface area contributed by atoms with Crippen LogP contribution in [-0.4, -0.2) is 28.4 Å². The van der Waals surface area contributed by atoms with Crippen LogP contribution in [0.2, 0.25) is 0 Å². The second-order valence-corrected chi connectivity index (χ2v) is 5.73. The predicted molar refractivity (Wildman–Crippen MR) is 79.5 cm³/mol. The average Bonchev–Trinajstić information content (AvgIpc) is 2.93. The standard InChI is InChI=1S/C13H21N5S/c1-5-14-7-12-10(2)16-13(19-12)17(3)8-11-6-15-18(4)9-11/h6,9,14H,5,7-8H2,1-4H3. The van der Waals surface area contributed by atoms with Crippen molar-refractivity contribution in [1.82, 2.24) is 20.1 Å². The number of thiazole rings is 1. The van der Waals surface area contributed by atoms with Crippen molar-refractivity contribution in [3.05, 3.63) is 28.5 Å². The molecule has 19 heavy (non-hydrogen) atoms. The van der Waals surface area contributed by atoms with Crippen LogP contribution < -0.4 is 10.2 Å². The molecular weight excluding hydrogens is 258 g/mol. The van der Waals surface area contributed by atoms with E-state index in [1.54, 1.807) is 11.3 Å². The first kappa shape index (κ1) is 14.0. The van der Waals surface area contributed by atoms with Gasteiger partial charge in [-0.2, -0.15) is 5.10 Å². The van der Waals surface area contributed by atoms with Crippen LogP contribution in [0.25, 0.3) is 0 Å². The second kappa shape index (κ2) is 6.16. The molecule has 0 aromatic carbocycles. The van der Waals surface area contributed by atoms with Crippen molar-refractivity contribution in [3.63, 3.8) is 0 Å². The number of rotatable bonds is 6. The molecule has 0 radical (unpaired) electrons. The quantitative estimate of drug-likeness (QED) is 0.877. The third-order valence-electron chi connectivity index (χ3n) is 2.92. The number of aromatic nitrogens is 3. The van der Waals surface area contributed by atoms with E-state index in [1.165, 1.54) is 10.4 Å². The Labute approximate surface area is 118 Å². The van der Waals surface area contributed by atoms with Gasteiger partial charge in [-0.05, 0) is 13.5 Å². The van der Waals surface area contributed by atoms with Crippen molar-refractivity contribution in [3.8, 4) is 0 Å². The van der Waals surface area contributed by atoms with Crippen LogP contribution in [-0.2, 0) is 20.1 Å². The van der Waals surface area contributed by atoms with E-state index in [4.69, 9.17) is 0 Å². The van der Waals surface area contributed by atoms with Crippen LogP contribution in [0.1, 0.15) is 23.1 Å². The zero-order valence-electron chi connectivity index (χ0n) is 12.0. The van der Waals surface area contributed by atoms with Crippen molar-refractivity contribution in [2.75, 3.05) is 18.5 Å². The Morgan fingerprint density at radius 3 is 2.89 bits per heavy atom. The molecule has 2 heterocycles. The van der Waals surface area contributed by atoms with Crippen LogP contribution >= 0.6 is 11.3 Å². The van der Waals surface area contributed by atoms with E-state index in [1.807, 2.05) is 24.1 Å². The molecule has 2 rings (SSSR count). The van der Waals surface area contributed by atoms with Crippen LogP contribution in [0.3, 0.4) is 0 Å². The summed E-state index contributed by atoms with van der Waals surface area (Å²) < 4.78 is 1.83. The molecule has 0 unspecified atom stereocenters. The smallest absolute Gasteiger partial charge is 0.185 e. The molecule has 0 bridgehead atoms. The summed E-state index contributed by atoms with van der Waals surface area (Å²) in [5.41, 5.74) is 2.32. The maximum absolute atomic E-state index is 4.64. The highest BCUT2D eigenvalue weighted by Crippen LogP contribution is 2.26. The molecule has 2 aromatic heterocycles. The Hall–Kier alpha value is -1.40. The summed E-state index contributed by atoms with van der Waals surface area (Å²) in [5, 5.41) is 8.60. The lowest BCUT2D eigenvalue weighted by Crippen LogP contribution is -2.15. The molecule has 0 aliphatic rings. The van der Waals surface area contributed by atoms with E-state index < -0.39 is 0 Å². The van der Waals surface area contributed by atoms with Crippen LogP contribution in [0.4, 0.5) is 5.13 Å². The number of nitrogens with one attached hydrogen (secondary N) is 1. The Morgan fingerprint density at radius 1 is 1.47 bits per heavy atom. The molecule has 2 aromatic rings. The van der Waals surface area contributed by atoms with Crippen molar-refractivity contribution in [2.24, 2.45) is 7.05 Å². The van der Waals surface area contributed by atoms with Gasteiger partial charge in [-0.25, -0.2) is 4.98 Å². The van der Waals surface area contributed by atoms with Gasteiger partial charge < -0.3 is 10.2 Å². The fraction of sp³-hybridized carbons (Fsp3) is 0.538. The normalized spacial score (nSPS) is 10.9. The van der Waals surface area contributed by atoms with Gasteiger partial charge in [-0.1, -0.05) is 6.92 Å². The lowest BCUT2D eigenvalue weighted by Gasteiger charge is -2.13. The predicted octanol–water partition coefficient (Wildman–Crippen LogP) is 1.93. The van der Waals surface area contributed by atoms with Gasteiger partial charge in [-0.15, -0.1) is 11.3 Å². The Kier molecular flexibility index (Phi) is 4.55. The summed E-state index contributed by atoms with van der Waals surface area (Å²) in [5.74, 6) is 0. The molecule has 0 aliphatic carbocycles. The van der Waals surface area contributed by atoms with Crippen molar-refractivity contribution in [1.29, 1.82) is 0 Å². The largest absolute Gasteiger partial charge is 0.347 e. The third-order valence-corrected chi connectivity index (χ3v) is 4.19. The van der Waals surface area contributed by atoms with Crippen LogP contribution in [0.15, 0.2) is 12.4 Å². The SMILES string of the molecule is CCNCc1sc(N(C)Cc2cnn(C)c2)nc1C.